The summed E-state index contributed by atoms with van der Waals surface area (Å²) in [5.74, 6) is 0.416. The lowest BCUT2D eigenvalue weighted by Crippen LogP contribution is -2.55. The van der Waals surface area contributed by atoms with E-state index in [0.717, 1.165) is 32.1 Å². The Morgan fingerprint density at radius 2 is 1.92 bits per heavy atom. The minimum absolute atomic E-state index is 0. The van der Waals surface area contributed by atoms with E-state index in [1.807, 2.05) is 4.90 Å². The number of likely N-dealkylation sites (tertiary alicyclic amines) is 1. The highest BCUT2D eigenvalue weighted by Crippen LogP contribution is 2.35. The number of hydrogen-bond acceptors (Lipinski definition) is 4. The molecular formula is C16H27ClN4O3. The summed E-state index contributed by atoms with van der Waals surface area (Å²) in [5, 5.41) is 5.06. The Bertz CT molecular complexity index is 521. The highest BCUT2D eigenvalue weighted by molar-refractivity contribution is 6.07. The first-order valence-electron chi connectivity index (χ1n) is 8.58. The molecule has 7 nitrogen and oxygen atoms in total. The van der Waals surface area contributed by atoms with E-state index >= 15 is 0 Å². The molecule has 3 aliphatic rings. The third-order valence-corrected chi connectivity index (χ3v) is 5.97. The summed E-state index contributed by atoms with van der Waals surface area (Å²) >= 11 is 0. The van der Waals surface area contributed by atoms with Crippen molar-refractivity contribution in [3.05, 3.63) is 0 Å². The van der Waals surface area contributed by atoms with E-state index in [9.17, 15) is 14.4 Å². The fourth-order valence-electron chi connectivity index (χ4n) is 4.40. The quantitative estimate of drug-likeness (QED) is 0.643. The number of nitrogens with two attached hydrogens (primary N) is 1. The van der Waals surface area contributed by atoms with Crippen LogP contribution in [-0.4, -0.2) is 47.9 Å². The lowest BCUT2D eigenvalue weighted by Gasteiger charge is -2.39. The lowest BCUT2D eigenvalue weighted by atomic mass is 9.78. The number of amides is 4. The molecule has 0 aromatic carbocycles. The zero-order valence-corrected chi connectivity index (χ0v) is 14.9. The van der Waals surface area contributed by atoms with Crippen LogP contribution in [0.5, 0.6) is 0 Å². The third-order valence-electron chi connectivity index (χ3n) is 5.97. The largest absolute Gasteiger partial charge is 0.342 e. The van der Waals surface area contributed by atoms with Crippen LogP contribution in [0.25, 0.3) is 0 Å². The van der Waals surface area contributed by atoms with Crippen molar-refractivity contribution in [2.24, 2.45) is 23.5 Å². The predicted molar refractivity (Wildman–Crippen MR) is 91.5 cm³/mol. The number of piperidine rings is 1. The van der Waals surface area contributed by atoms with Crippen molar-refractivity contribution >= 4 is 30.3 Å². The summed E-state index contributed by atoms with van der Waals surface area (Å²) in [5.41, 5.74) is 4.94. The van der Waals surface area contributed by atoms with Crippen molar-refractivity contribution in [1.82, 2.24) is 15.5 Å². The normalized spacial score (nSPS) is 33.8. The van der Waals surface area contributed by atoms with Crippen molar-refractivity contribution in [3.8, 4) is 0 Å². The average molecular weight is 359 g/mol. The molecule has 0 aromatic heterocycles. The van der Waals surface area contributed by atoms with Gasteiger partial charge in [0.2, 0.25) is 5.91 Å². The average Bonchev–Trinajstić information content (AvgIpc) is 3.11. The Morgan fingerprint density at radius 3 is 2.46 bits per heavy atom. The molecule has 1 aliphatic carbocycles. The standard InChI is InChI=1S/C16H26N4O3.ClH/c1-16(14(22)18-15(23)19-16)11-5-7-20(8-6-11)13(21)12-4-2-3-10(12)9-17;/h10-12H,2-9,17H2,1H3,(H2,18,19,22,23);1H/t10-,12-,16?;/m1./s1. The molecule has 3 rings (SSSR count). The van der Waals surface area contributed by atoms with Gasteiger partial charge in [0, 0.05) is 19.0 Å². The molecule has 0 spiro atoms. The summed E-state index contributed by atoms with van der Waals surface area (Å²) in [7, 11) is 0. The summed E-state index contributed by atoms with van der Waals surface area (Å²) in [4.78, 5) is 38.1. The molecule has 4 amide bonds. The minimum Gasteiger partial charge on any atom is -0.342 e. The van der Waals surface area contributed by atoms with Gasteiger partial charge in [-0.25, -0.2) is 4.79 Å². The lowest BCUT2D eigenvalue weighted by molar-refractivity contribution is -0.138. The summed E-state index contributed by atoms with van der Waals surface area (Å²) in [6, 6.07) is -0.423. The molecule has 0 radical (unpaired) electrons. The van der Waals surface area contributed by atoms with Crippen LogP contribution < -0.4 is 16.4 Å². The van der Waals surface area contributed by atoms with Crippen molar-refractivity contribution in [2.75, 3.05) is 19.6 Å². The van der Waals surface area contributed by atoms with Gasteiger partial charge in [-0.2, -0.15) is 0 Å². The van der Waals surface area contributed by atoms with Gasteiger partial charge in [-0.3, -0.25) is 14.9 Å². The summed E-state index contributed by atoms with van der Waals surface area (Å²) < 4.78 is 0. The molecule has 3 atom stereocenters. The van der Waals surface area contributed by atoms with Gasteiger partial charge < -0.3 is 16.0 Å². The Balaban J connectivity index is 0.00000208. The first-order valence-corrected chi connectivity index (χ1v) is 8.58. The van der Waals surface area contributed by atoms with Crippen molar-refractivity contribution in [1.29, 1.82) is 0 Å². The monoisotopic (exact) mass is 358 g/mol. The molecule has 8 heteroatoms. The van der Waals surface area contributed by atoms with E-state index in [1.165, 1.54) is 0 Å². The molecule has 2 saturated heterocycles. The Labute approximate surface area is 148 Å². The molecular weight excluding hydrogens is 332 g/mol. The molecule has 4 N–H and O–H groups in total. The van der Waals surface area contributed by atoms with Crippen LogP contribution in [0, 0.1) is 17.8 Å². The van der Waals surface area contributed by atoms with Crippen molar-refractivity contribution in [2.45, 2.75) is 44.6 Å². The Hall–Kier alpha value is -1.34. The van der Waals surface area contributed by atoms with Crippen LogP contribution >= 0.6 is 12.4 Å². The van der Waals surface area contributed by atoms with Gasteiger partial charge >= 0.3 is 6.03 Å². The smallest absolute Gasteiger partial charge is 0.322 e. The second-order valence-electron chi connectivity index (χ2n) is 7.24. The molecule has 136 valence electrons. The maximum absolute atomic E-state index is 12.7. The number of carbonyl (C=O) groups excluding carboxylic acids is 3. The van der Waals surface area contributed by atoms with Crippen LogP contribution in [0.2, 0.25) is 0 Å². The number of nitrogens with zero attached hydrogens (tertiary/aromatic N) is 1. The topological polar surface area (TPSA) is 105 Å². The Morgan fingerprint density at radius 1 is 1.25 bits per heavy atom. The minimum atomic E-state index is -0.848. The Kier molecular flexibility index (Phi) is 5.75. The van der Waals surface area contributed by atoms with Crippen LogP contribution in [0.4, 0.5) is 4.79 Å². The zero-order valence-electron chi connectivity index (χ0n) is 14.0. The van der Waals surface area contributed by atoms with Crippen LogP contribution in [0.3, 0.4) is 0 Å². The van der Waals surface area contributed by atoms with E-state index in [4.69, 9.17) is 5.73 Å². The molecule has 2 heterocycles. The maximum atomic E-state index is 12.7. The molecule has 2 aliphatic heterocycles. The van der Waals surface area contributed by atoms with Crippen LogP contribution in [-0.2, 0) is 9.59 Å². The van der Waals surface area contributed by atoms with Gasteiger partial charge in [-0.1, -0.05) is 6.42 Å². The molecule has 0 aromatic rings. The summed E-state index contributed by atoms with van der Waals surface area (Å²) in [6.45, 7) is 3.65. The highest BCUT2D eigenvalue weighted by Gasteiger charge is 2.49. The van der Waals surface area contributed by atoms with Gasteiger partial charge in [0.25, 0.3) is 5.91 Å². The first-order chi connectivity index (χ1) is 11.0. The number of hydrogen-bond donors (Lipinski definition) is 3. The van der Waals surface area contributed by atoms with Gasteiger partial charge in [0.15, 0.2) is 0 Å². The fraction of sp³-hybridized carbons (Fsp3) is 0.812. The molecule has 1 unspecified atom stereocenters. The second kappa shape index (κ2) is 7.27. The van der Waals surface area contributed by atoms with Crippen molar-refractivity contribution < 1.29 is 14.4 Å². The molecule has 0 bridgehead atoms. The third kappa shape index (κ3) is 3.24. The molecule has 1 saturated carbocycles. The van der Waals surface area contributed by atoms with Gasteiger partial charge in [-0.15, -0.1) is 12.4 Å². The van der Waals surface area contributed by atoms with E-state index in [0.29, 0.717) is 25.6 Å². The van der Waals surface area contributed by atoms with Gasteiger partial charge in [0.1, 0.15) is 5.54 Å². The second-order valence-corrected chi connectivity index (χ2v) is 7.24. The zero-order chi connectivity index (χ0) is 16.6. The predicted octanol–water partition coefficient (Wildman–Crippen LogP) is 0.620. The van der Waals surface area contributed by atoms with Crippen LogP contribution in [0.15, 0.2) is 0 Å². The number of nitrogens with one attached hydrogen (secondary N) is 2. The summed E-state index contributed by atoms with van der Waals surface area (Å²) in [6.07, 6.45) is 4.54. The first kappa shape index (κ1) is 19.0. The van der Waals surface area contributed by atoms with E-state index < -0.39 is 11.6 Å². The number of halogens is 1. The molecule has 3 fully saturated rings. The van der Waals surface area contributed by atoms with Gasteiger partial charge in [-0.05, 0) is 51.0 Å². The van der Waals surface area contributed by atoms with E-state index in [2.05, 4.69) is 10.6 Å². The van der Waals surface area contributed by atoms with E-state index in [-0.39, 0.29) is 36.1 Å². The SMILES string of the molecule is CC1(C2CCN(C(=O)[C@@H]3CCC[C@@H]3CN)CC2)NC(=O)NC1=O.Cl. The van der Waals surface area contributed by atoms with Crippen LogP contribution in [0.1, 0.15) is 39.0 Å². The van der Waals surface area contributed by atoms with E-state index in [1.54, 1.807) is 6.92 Å². The number of imide groups is 1. The number of urea groups is 1. The maximum Gasteiger partial charge on any atom is 0.322 e. The highest BCUT2D eigenvalue weighted by atomic mass is 35.5. The fourth-order valence-corrected chi connectivity index (χ4v) is 4.40. The number of carbonyl (C=O) groups is 3. The van der Waals surface area contributed by atoms with Gasteiger partial charge in [0.05, 0.1) is 0 Å². The molecule has 24 heavy (non-hydrogen) atoms. The number of rotatable bonds is 3. The van der Waals surface area contributed by atoms with Crippen molar-refractivity contribution in [3.63, 3.8) is 0 Å².